The molecule has 2 N–H and O–H groups in total. The minimum Gasteiger partial charge on any atom is -0.396 e. The Kier molecular flexibility index (Phi) is 6.86. The maximum Gasteiger partial charge on any atom is 0.317 e. The van der Waals surface area contributed by atoms with Crippen molar-refractivity contribution in [3.63, 3.8) is 0 Å². The van der Waals surface area contributed by atoms with Crippen LogP contribution >= 0.6 is 0 Å². The highest BCUT2D eigenvalue weighted by Crippen LogP contribution is 2.13. The second kappa shape index (κ2) is 8.89. The van der Waals surface area contributed by atoms with E-state index >= 15 is 0 Å². The van der Waals surface area contributed by atoms with Crippen LogP contribution < -0.4 is 5.32 Å². The summed E-state index contributed by atoms with van der Waals surface area (Å²) in [5, 5.41) is 11.9. The third kappa shape index (κ3) is 5.52. The van der Waals surface area contributed by atoms with Crippen LogP contribution in [-0.2, 0) is 6.54 Å². The van der Waals surface area contributed by atoms with Crippen molar-refractivity contribution in [2.75, 3.05) is 26.2 Å². The van der Waals surface area contributed by atoms with E-state index in [-0.39, 0.29) is 24.7 Å². The monoisotopic (exact) mass is 319 g/mol. The first kappa shape index (κ1) is 17.8. The Hall–Kier alpha value is -1.59. The predicted molar refractivity (Wildman–Crippen MR) is 92.2 cm³/mol. The van der Waals surface area contributed by atoms with E-state index in [0.717, 1.165) is 39.0 Å². The number of hydrogen-bond donors (Lipinski definition) is 2. The lowest BCUT2D eigenvalue weighted by Crippen LogP contribution is -2.57. The van der Waals surface area contributed by atoms with Gasteiger partial charge in [-0.25, -0.2) is 4.79 Å². The molecule has 0 saturated carbocycles. The molecule has 1 heterocycles. The molecule has 1 saturated heterocycles. The van der Waals surface area contributed by atoms with Gasteiger partial charge in [0.1, 0.15) is 0 Å². The summed E-state index contributed by atoms with van der Waals surface area (Å²) in [5.41, 5.74) is 1.32. The van der Waals surface area contributed by atoms with Crippen molar-refractivity contribution >= 4 is 6.03 Å². The van der Waals surface area contributed by atoms with E-state index in [1.54, 1.807) is 0 Å². The topological polar surface area (TPSA) is 55.8 Å². The molecule has 2 rings (SSSR count). The van der Waals surface area contributed by atoms with Crippen LogP contribution in [0, 0.1) is 0 Å². The van der Waals surface area contributed by atoms with Gasteiger partial charge in [0.15, 0.2) is 0 Å². The molecule has 0 radical (unpaired) electrons. The zero-order valence-corrected chi connectivity index (χ0v) is 14.2. The summed E-state index contributed by atoms with van der Waals surface area (Å²) in [7, 11) is 0. The zero-order valence-electron chi connectivity index (χ0n) is 14.2. The Bertz CT molecular complexity index is 480. The number of rotatable bonds is 6. The van der Waals surface area contributed by atoms with Crippen molar-refractivity contribution in [3.8, 4) is 0 Å². The fraction of sp³-hybridized carbons (Fsp3) is 0.611. The quantitative estimate of drug-likeness (QED) is 0.844. The van der Waals surface area contributed by atoms with Crippen molar-refractivity contribution in [2.45, 2.75) is 45.3 Å². The molecule has 0 aromatic heterocycles. The fourth-order valence-electron chi connectivity index (χ4n) is 3.08. The second-order valence-corrected chi connectivity index (χ2v) is 6.48. The summed E-state index contributed by atoms with van der Waals surface area (Å²) >= 11 is 0. The van der Waals surface area contributed by atoms with E-state index < -0.39 is 0 Å². The lowest BCUT2D eigenvalue weighted by atomic mass is 10.1. The summed E-state index contributed by atoms with van der Waals surface area (Å²) in [4.78, 5) is 16.7. The zero-order chi connectivity index (χ0) is 16.7. The van der Waals surface area contributed by atoms with Crippen molar-refractivity contribution in [2.24, 2.45) is 0 Å². The second-order valence-electron chi connectivity index (χ2n) is 6.48. The first-order valence-corrected chi connectivity index (χ1v) is 8.54. The van der Waals surface area contributed by atoms with Gasteiger partial charge in [0, 0.05) is 44.9 Å². The third-order valence-corrected chi connectivity index (χ3v) is 4.39. The normalized spacial score (nSPS) is 20.3. The molecule has 2 atom stereocenters. The average molecular weight is 319 g/mol. The van der Waals surface area contributed by atoms with Crippen molar-refractivity contribution in [1.82, 2.24) is 15.1 Å². The van der Waals surface area contributed by atoms with E-state index in [1.165, 1.54) is 5.56 Å². The maximum atomic E-state index is 12.4. The van der Waals surface area contributed by atoms with Crippen LogP contribution in [0.4, 0.5) is 4.79 Å². The van der Waals surface area contributed by atoms with Crippen molar-refractivity contribution in [3.05, 3.63) is 35.9 Å². The minimum absolute atomic E-state index is 0.0160. The molecule has 0 bridgehead atoms. The first-order valence-electron chi connectivity index (χ1n) is 8.54. The highest BCUT2D eigenvalue weighted by molar-refractivity contribution is 5.75. The highest BCUT2D eigenvalue weighted by Gasteiger charge is 2.27. The minimum atomic E-state index is 0.0160. The van der Waals surface area contributed by atoms with Crippen LogP contribution in [0.25, 0.3) is 0 Å². The molecule has 5 heteroatoms. The lowest BCUT2D eigenvalue weighted by Gasteiger charge is -2.40. The number of piperazine rings is 1. The molecule has 5 nitrogen and oxygen atoms in total. The summed E-state index contributed by atoms with van der Waals surface area (Å²) in [6, 6.07) is 10.8. The Morgan fingerprint density at radius 1 is 1.35 bits per heavy atom. The number of carbonyl (C=O) groups excluding carboxylic acids is 1. The standard InChI is InChI=1S/C18H29N3O2/c1-15(7-6-12-22)19-18(23)21-11-10-20(13-16(21)2)14-17-8-4-3-5-9-17/h3-5,8-9,15-16,22H,6-7,10-14H2,1-2H3,(H,19,23)/t15?,16-/m1/s1. The molecule has 1 aliphatic rings. The smallest absolute Gasteiger partial charge is 0.317 e. The van der Waals surface area contributed by atoms with E-state index in [2.05, 4.69) is 41.4 Å². The molecule has 0 aliphatic carbocycles. The third-order valence-electron chi connectivity index (χ3n) is 4.39. The number of hydrogen-bond acceptors (Lipinski definition) is 3. The number of nitrogens with one attached hydrogen (secondary N) is 1. The Balaban J connectivity index is 1.80. The van der Waals surface area contributed by atoms with Crippen LogP contribution in [0.2, 0.25) is 0 Å². The van der Waals surface area contributed by atoms with Gasteiger partial charge < -0.3 is 15.3 Å². The number of aliphatic hydroxyl groups is 1. The molecule has 0 spiro atoms. The molecule has 1 aromatic rings. The van der Waals surface area contributed by atoms with Crippen LogP contribution in [0.5, 0.6) is 0 Å². The lowest BCUT2D eigenvalue weighted by molar-refractivity contribution is 0.0959. The largest absolute Gasteiger partial charge is 0.396 e. The van der Waals surface area contributed by atoms with Gasteiger partial charge >= 0.3 is 6.03 Å². The number of aliphatic hydroxyl groups excluding tert-OH is 1. The molecule has 1 aliphatic heterocycles. The number of nitrogens with zero attached hydrogens (tertiary/aromatic N) is 2. The van der Waals surface area contributed by atoms with Gasteiger partial charge in [-0.05, 0) is 32.3 Å². The van der Waals surface area contributed by atoms with E-state index in [1.807, 2.05) is 17.9 Å². The maximum absolute atomic E-state index is 12.4. The van der Waals surface area contributed by atoms with Crippen LogP contribution in [-0.4, -0.2) is 59.3 Å². The molecule has 1 aromatic carbocycles. The number of urea groups is 1. The predicted octanol–water partition coefficient (Wildman–Crippen LogP) is 2.06. The molecule has 1 fully saturated rings. The van der Waals surface area contributed by atoms with E-state index in [0.29, 0.717) is 0 Å². The van der Waals surface area contributed by atoms with Gasteiger partial charge in [0.05, 0.1) is 0 Å². The van der Waals surface area contributed by atoms with Crippen LogP contribution in [0.1, 0.15) is 32.3 Å². The van der Waals surface area contributed by atoms with Gasteiger partial charge in [0.25, 0.3) is 0 Å². The highest BCUT2D eigenvalue weighted by atomic mass is 16.3. The Morgan fingerprint density at radius 2 is 2.09 bits per heavy atom. The molecule has 2 amide bonds. The number of carbonyl (C=O) groups is 1. The summed E-state index contributed by atoms with van der Waals surface area (Å²) < 4.78 is 0. The van der Waals surface area contributed by atoms with Gasteiger partial charge in [-0.2, -0.15) is 0 Å². The summed E-state index contributed by atoms with van der Waals surface area (Å²) in [6.45, 7) is 7.76. The molecule has 23 heavy (non-hydrogen) atoms. The summed E-state index contributed by atoms with van der Waals surface area (Å²) in [6.07, 6.45) is 1.53. The average Bonchev–Trinajstić information content (AvgIpc) is 2.54. The summed E-state index contributed by atoms with van der Waals surface area (Å²) in [5.74, 6) is 0. The van der Waals surface area contributed by atoms with Crippen molar-refractivity contribution in [1.29, 1.82) is 0 Å². The SMILES string of the molecule is CC(CCCO)NC(=O)N1CCN(Cc2ccccc2)C[C@H]1C. The molecule has 128 valence electrons. The fourth-order valence-corrected chi connectivity index (χ4v) is 3.08. The van der Waals surface area contributed by atoms with Crippen LogP contribution in [0.3, 0.4) is 0 Å². The Morgan fingerprint density at radius 3 is 2.74 bits per heavy atom. The van der Waals surface area contributed by atoms with Gasteiger partial charge in [-0.15, -0.1) is 0 Å². The first-order chi connectivity index (χ1) is 11.1. The van der Waals surface area contributed by atoms with Gasteiger partial charge in [-0.1, -0.05) is 30.3 Å². The van der Waals surface area contributed by atoms with Crippen molar-refractivity contribution < 1.29 is 9.90 Å². The molecule has 1 unspecified atom stereocenters. The van der Waals surface area contributed by atoms with E-state index in [4.69, 9.17) is 5.11 Å². The number of benzene rings is 1. The molecular weight excluding hydrogens is 290 g/mol. The van der Waals surface area contributed by atoms with Gasteiger partial charge in [-0.3, -0.25) is 4.90 Å². The number of amides is 2. The Labute approximate surface area is 139 Å². The van der Waals surface area contributed by atoms with Gasteiger partial charge in [0.2, 0.25) is 0 Å². The molecular formula is C18H29N3O2. The van der Waals surface area contributed by atoms with E-state index in [9.17, 15) is 4.79 Å². The van der Waals surface area contributed by atoms with Crippen LogP contribution in [0.15, 0.2) is 30.3 Å².